The van der Waals surface area contributed by atoms with Gasteiger partial charge in [0, 0.05) is 26.0 Å². The zero-order valence-corrected chi connectivity index (χ0v) is 11.6. The van der Waals surface area contributed by atoms with Gasteiger partial charge in [-0.15, -0.1) is 0 Å². The van der Waals surface area contributed by atoms with Crippen molar-refractivity contribution < 1.29 is 8.42 Å². The monoisotopic (exact) mass is 284 g/mol. The highest BCUT2D eigenvalue weighted by atomic mass is 32.2. The average Bonchev–Trinajstić information content (AvgIpc) is 2.95. The van der Waals surface area contributed by atoms with Crippen molar-refractivity contribution in [3.05, 3.63) is 24.8 Å². The summed E-state index contributed by atoms with van der Waals surface area (Å²) in [6, 6.07) is 0. The highest BCUT2D eigenvalue weighted by Crippen LogP contribution is 2.14. The maximum absolute atomic E-state index is 12.1. The molecule has 0 aromatic carbocycles. The number of rotatable bonds is 6. The zero-order chi connectivity index (χ0) is 13.9. The third kappa shape index (κ3) is 3.32. The lowest BCUT2D eigenvalue weighted by molar-refractivity contribution is 0.582. The first-order valence-electron chi connectivity index (χ1n) is 5.70. The lowest BCUT2D eigenvalue weighted by Crippen LogP contribution is -2.15. The van der Waals surface area contributed by atoms with Gasteiger partial charge in [0.1, 0.15) is 4.90 Å². The van der Waals surface area contributed by atoms with Gasteiger partial charge in [0.2, 0.25) is 0 Å². The van der Waals surface area contributed by atoms with Gasteiger partial charge >= 0.3 is 0 Å². The van der Waals surface area contributed by atoms with Crippen LogP contribution < -0.4 is 10.0 Å². The minimum atomic E-state index is -3.61. The van der Waals surface area contributed by atoms with Crippen LogP contribution in [0.15, 0.2) is 29.7 Å². The number of sulfonamides is 1. The molecule has 0 saturated carbocycles. The molecule has 0 atom stereocenters. The van der Waals surface area contributed by atoms with Gasteiger partial charge in [-0.2, -0.15) is 10.2 Å². The number of anilines is 1. The van der Waals surface area contributed by atoms with E-state index in [0.717, 1.165) is 6.54 Å². The smallest absolute Gasteiger partial charge is 0.265 e. The van der Waals surface area contributed by atoms with E-state index in [1.165, 1.54) is 23.3 Å². The molecule has 0 aliphatic rings. The standard InChI is InChI=1S/C10H16N6O2S/c1-11-3-4-16-8-10(6-13-16)19(17,18)14-9-5-12-15(2)7-9/h5-8,11,14H,3-4H2,1-2H3. The molecule has 0 fully saturated rings. The van der Waals surface area contributed by atoms with E-state index in [1.807, 2.05) is 7.05 Å². The molecule has 104 valence electrons. The van der Waals surface area contributed by atoms with E-state index >= 15 is 0 Å². The summed E-state index contributed by atoms with van der Waals surface area (Å²) in [6.45, 7) is 1.33. The normalized spacial score (nSPS) is 11.7. The molecule has 2 rings (SSSR count). The van der Waals surface area contributed by atoms with E-state index < -0.39 is 10.0 Å². The number of hydrogen-bond acceptors (Lipinski definition) is 5. The molecule has 0 bridgehead atoms. The molecule has 9 heteroatoms. The summed E-state index contributed by atoms with van der Waals surface area (Å²) in [5.41, 5.74) is 0.422. The minimum absolute atomic E-state index is 0.132. The molecule has 2 aromatic rings. The number of nitrogens with zero attached hydrogens (tertiary/aromatic N) is 4. The van der Waals surface area contributed by atoms with Gasteiger partial charge in [0.15, 0.2) is 0 Å². The van der Waals surface area contributed by atoms with Crippen molar-refractivity contribution in [3.63, 3.8) is 0 Å². The molecule has 8 nitrogen and oxygen atoms in total. The van der Waals surface area contributed by atoms with Gasteiger partial charge in [0.25, 0.3) is 10.0 Å². The molecule has 0 aliphatic heterocycles. The highest BCUT2D eigenvalue weighted by Gasteiger charge is 2.17. The first kappa shape index (κ1) is 13.6. The van der Waals surface area contributed by atoms with Gasteiger partial charge < -0.3 is 5.32 Å². The Hall–Kier alpha value is -1.87. The molecule has 0 spiro atoms. The van der Waals surface area contributed by atoms with E-state index in [2.05, 4.69) is 20.2 Å². The lowest BCUT2D eigenvalue weighted by atomic mass is 10.6. The summed E-state index contributed by atoms with van der Waals surface area (Å²) in [7, 11) is -0.0709. The summed E-state index contributed by atoms with van der Waals surface area (Å²) in [5, 5.41) is 10.9. The topological polar surface area (TPSA) is 93.8 Å². The van der Waals surface area contributed by atoms with E-state index in [1.54, 1.807) is 17.9 Å². The van der Waals surface area contributed by atoms with Crippen molar-refractivity contribution in [2.75, 3.05) is 18.3 Å². The second kappa shape index (κ2) is 5.41. The third-order valence-electron chi connectivity index (χ3n) is 2.47. The molecule has 2 N–H and O–H groups in total. The molecular formula is C10H16N6O2S. The van der Waals surface area contributed by atoms with Gasteiger partial charge in [-0.1, -0.05) is 0 Å². The Morgan fingerprint density at radius 3 is 2.68 bits per heavy atom. The van der Waals surface area contributed by atoms with Crippen molar-refractivity contribution >= 4 is 15.7 Å². The lowest BCUT2D eigenvalue weighted by Gasteiger charge is -2.02. The number of nitrogens with one attached hydrogen (secondary N) is 2. The highest BCUT2D eigenvalue weighted by molar-refractivity contribution is 7.92. The molecule has 19 heavy (non-hydrogen) atoms. The molecule has 0 unspecified atom stereocenters. The average molecular weight is 284 g/mol. The van der Waals surface area contributed by atoms with Gasteiger partial charge in [-0.25, -0.2) is 8.42 Å². The van der Waals surface area contributed by atoms with Crippen molar-refractivity contribution in [3.8, 4) is 0 Å². The van der Waals surface area contributed by atoms with Gasteiger partial charge in [-0.3, -0.25) is 14.1 Å². The third-order valence-corrected chi connectivity index (χ3v) is 3.80. The van der Waals surface area contributed by atoms with Crippen LogP contribution in [-0.2, 0) is 23.6 Å². The maximum Gasteiger partial charge on any atom is 0.265 e. The largest absolute Gasteiger partial charge is 0.318 e. The second-order valence-corrected chi connectivity index (χ2v) is 5.73. The summed E-state index contributed by atoms with van der Waals surface area (Å²) in [5.74, 6) is 0. The van der Waals surface area contributed by atoms with E-state index in [4.69, 9.17) is 0 Å². The summed E-state index contributed by atoms with van der Waals surface area (Å²) in [4.78, 5) is 0.132. The van der Waals surface area contributed by atoms with Crippen LogP contribution in [0.2, 0.25) is 0 Å². The molecule has 2 heterocycles. The Bertz CT molecular complexity index is 645. The van der Waals surface area contributed by atoms with Crippen molar-refractivity contribution in [1.82, 2.24) is 24.9 Å². The molecule has 0 radical (unpaired) electrons. The number of likely N-dealkylation sites (N-methyl/N-ethyl adjacent to an activating group) is 1. The Balaban J connectivity index is 2.13. The van der Waals surface area contributed by atoms with Crippen LogP contribution in [0.1, 0.15) is 0 Å². The van der Waals surface area contributed by atoms with Crippen LogP contribution in [0.3, 0.4) is 0 Å². The molecule has 2 aromatic heterocycles. The fourth-order valence-corrected chi connectivity index (χ4v) is 2.50. The number of hydrogen-bond donors (Lipinski definition) is 2. The predicted molar refractivity (Wildman–Crippen MR) is 70.2 cm³/mol. The minimum Gasteiger partial charge on any atom is -0.318 e. The van der Waals surface area contributed by atoms with Crippen molar-refractivity contribution in [2.24, 2.45) is 7.05 Å². The summed E-state index contributed by atoms with van der Waals surface area (Å²) >= 11 is 0. The van der Waals surface area contributed by atoms with Crippen molar-refractivity contribution in [1.29, 1.82) is 0 Å². The maximum atomic E-state index is 12.1. The van der Waals surface area contributed by atoms with Crippen LogP contribution in [-0.4, -0.2) is 41.6 Å². The Kier molecular flexibility index (Phi) is 3.86. The predicted octanol–water partition coefficient (Wildman–Crippen LogP) is -0.363. The van der Waals surface area contributed by atoms with Crippen LogP contribution in [0.5, 0.6) is 0 Å². The SMILES string of the molecule is CNCCn1cc(S(=O)(=O)Nc2cnn(C)c2)cn1. The Morgan fingerprint density at radius 2 is 2.05 bits per heavy atom. The van der Waals surface area contributed by atoms with Crippen LogP contribution in [0.4, 0.5) is 5.69 Å². The molecule has 0 aliphatic carbocycles. The van der Waals surface area contributed by atoms with Crippen molar-refractivity contribution in [2.45, 2.75) is 11.4 Å². The summed E-state index contributed by atoms with van der Waals surface area (Å²) in [6.07, 6.45) is 5.86. The second-order valence-electron chi connectivity index (χ2n) is 4.05. The fraction of sp³-hybridized carbons (Fsp3) is 0.400. The first-order chi connectivity index (χ1) is 9.01. The van der Waals surface area contributed by atoms with E-state index in [0.29, 0.717) is 12.2 Å². The quantitative estimate of drug-likeness (QED) is 0.755. The number of aryl methyl sites for hydroxylation is 1. The van der Waals surface area contributed by atoms with Crippen LogP contribution in [0.25, 0.3) is 0 Å². The van der Waals surface area contributed by atoms with E-state index in [-0.39, 0.29) is 4.90 Å². The van der Waals surface area contributed by atoms with Gasteiger partial charge in [0.05, 0.1) is 24.6 Å². The number of aromatic nitrogens is 4. The molecular weight excluding hydrogens is 268 g/mol. The Labute approximate surface area is 111 Å². The van der Waals surface area contributed by atoms with E-state index in [9.17, 15) is 8.42 Å². The summed E-state index contributed by atoms with van der Waals surface area (Å²) < 4.78 is 29.7. The van der Waals surface area contributed by atoms with Gasteiger partial charge in [-0.05, 0) is 7.05 Å². The first-order valence-corrected chi connectivity index (χ1v) is 7.18. The Morgan fingerprint density at radius 1 is 1.26 bits per heavy atom. The van der Waals surface area contributed by atoms with Crippen LogP contribution >= 0.6 is 0 Å². The fourth-order valence-electron chi connectivity index (χ4n) is 1.52. The van der Waals surface area contributed by atoms with Crippen LogP contribution in [0, 0.1) is 0 Å². The zero-order valence-electron chi connectivity index (χ0n) is 10.7. The molecule has 0 saturated heterocycles. The molecule has 0 amide bonds.